The van der Waals surface area contributed by atoms with E-state index in [1.807, 2.05) is 29.2 Å². The van der Waals surface area contributed by atoms with E-state index in [1.165, 1.54) is 0 Å². The molecule has 138 valence electrons. The Morgan fingerprint density at radius 2 is 2.08 bits per heavy atom. The maximum Gasteiger partial charge on any atom is 0.223 e. The third kappa shape index (κ3) is 5.89. The summed E-state index contributed by atoms with van der Waals surface area (Å²) < 4.78 is 5.73. The standard InChI is InChI=1S/C17H20ClN3O2.2ClH/c1-12-11-21(9-8-19-12)17(22)7-6-16-20-10-15(23-16)13-2-4-14(18)5-3-13;;/h2-5,10,12,19H,6-9,11H2,1H3;2*1H. The van der Waals surface area contributed by atoms with Gasteiger partial charge in [-0.15, -0.1) is 24.8 Å². The van der Waals surface area contributed by atoms with Crippen molar-refractivity contribution in [3.63, 3.8) is 0 Å². The number of oxazole rings is 1. The molecule has 1 atom stereocenters. The zero-order valence-electron chi connectivity index (χ0n) is 13.9. The van der Waals surface area contributed by atoms with Crippen molar-refractivity contribution in [1.29, 1.82) is 0 Å². The van der Waals surface area contributed by atoms with Crippen LogP contribution in [-0.4, -0.2) is 41.5 Å². The van der Waals surface area contributed by atoms with Gasteiger partial charge in [0.15, 0.2) is 11.7 Å². The first-order valence-corrected chi connectivity index (χ1v) is 8.21. The van der Waals surface area contributed by atoms with Crippen LogP contribution in [0.5, 0.6) is 0 Å². The summed E-state index contributed by atoms with van der Waals surface area (Å²) in [7, 11) is 0. The summed E-state index contributed by atoms with van der Waals surface area (Å²) in [5.74, 6) is 1.44. The summed E-state index contributed by atoms with van der Waals surface area (Å²) >= 11 is 5.88. The van der Waals surface area contributed by atoms with Crippen LogP contribution in [0.4, 0.5) is 0 Å². The first-order chi connectivity index (χ1) is 11.1. The molecule has 1 aliphatic heterocycles. The minimum atomic E-state index is 0. The van der Waals surface area contributed by atoms with Gasteiger partial charge in [0.1, 0.15) is 0 Å². The average molecular weight is 407 g/mol. The molecule has 8 heteroatoms. The highest BCUT2D eigenvalue weighted by Gasteiger charge is 2.20. The number of piperazine rings is 1. The normalized spacial score (nSPS) is 16.7. The Morgan fingerprint density at radius 1 is 1.36 bits per heavy atom. The molecule has 1 saturated heterocycles. The molecule has 25 heavy (non-hydrogen) atoms. The Bertz CT molecular complexity index is 676. The van der Waals surface area contributed by atoms with Gasteiger partial charge < -0.3 is 14.6 Å². The number of carbonyl (C=O) groups excluding carboxylic acids is 1. The lowest BCUT2D eigenvalue weighted by molar-refractivity contribution is -0.132. The van der Waals surface area contributed by atoms with E-state index in [-0.39, 0.29) is 30.7 Å². The average Bonchev–Trinajstić information content (AvgIpc) is 3.02. The van der Waals surface area contributed by atoms with Gasteiger partial charge in [-0.05, 0) is 31.2 Å². The lowest BCUT2D eigenvalue weighted by atomic mass is 10.2. The zero-order chi connectivity index (χ0) is 16.2. The number of amides is 1. The third-order valence-electron chi connectivity index (χ3n) is 3.96. The van der Waals surface area contributed by atoms with Gasteiger partial charge in [-0.2, -0.15) is 0 Å². The van der Waals surface area contributed by atoms with Gasteiger partial charge in [0.2, 0.25) is 5.91 Å². The fourth-order valence-electron chi connectivity index (χ4n) is 2.70. The van der Waals surface area contributed by atoms with Gasteiger partial charge in [0.25, 0.3) is 0 Å². The monoisotopic (exact) mass is 405 g/mol. The summed E-state index contributed by atoms with van der Waals surface area (Å²) in [5, 5.41) is 4.02. The summed E-state index contributed by atoms with van der Waals surface area (Å²) in [5.41, 5.74) is 0.926. The van der Waals surface area contributed by atoms with Crippen molar-refractivity contribution in [3.05, 3.63) is 41.4 Å². The minimum Gasteiger partial charge on any atom is -0.441 e. The van der Waals surface area contributed by atoms with Crippen molar-refractivity contribution in [1.82, 2.24) is 15.2 Å². The maximum absolute atomic E-state index is 12.2. The molecule has 1 N–H and O–H groups in total. The second-order valence-corrected chi connectivity index (χ2v) is 6.26. The quantitative estimate of drug-likeness (QED) is 0.843. The van der Waals surface area contributed by atoms with E-state index in [0.29, 0.717) is 35.6 Å². The van der Waals surface area contributed by atoms with Crippen LogP contribution in [-0.2, 0) is 11.2 Å². The van der Waals surface area contributed by atoms with Crippen molar-refractivity contribution in [2.24, 2.45) is 0 Å². The van der Waals surface area contributed by atoms with E-state index < -0.39 is 0 Å². The van der Waals surface area contributed by atoms with Crippen molar-refractivity contribution in [3.8, 4) is 11.3 Å². The minimum absolute atomic E-state index is 0. The molecule has 2 aromatic rings. The Labute approximate surface area is 164 Å². The number of hydrogen-bond acceptors (Lipinski definition) is 4. The van der Waals surface area contributed by atoms with Crippen LogP contribution in [0.15, 0.2) is 34.9 Å². The van der Waals surface area contributed by atoms with E-state index in [1.54, 1.807) is 6.20 Å². The Morgan fingerprint density at radius 3 is 2.76 bits per heavy atom. The van der Waals surface area contributed by atoms with Gasteiger partial charge in [0, 0.05) is 49.1 Å². The molecule has 2 heterocycles. The Kier molecular flexibility index (Phi) is 8.73. The third-order valence-corrected chi connectivity index (χ3v) is 4.21. The van der Waals surface area contributed by atoms with Crippen molar-refractivity contribution in [2.45, 2.75) is 25.8 Å². The topological polar surface area (TPSA) is 58.4 Å². The SMILES string of the molecule is CC1CN(C(=O)CCc2ncc(-c3ccc(Cl)cc3)o2)CCN1.Cl.Cl. The van der Waals surface area contributed by atoms with Crippen LogP contribution in [0.25, 0.3) is 11.3 Å². The van der Waals surface area contributed by atoms with Gasteiger partial charge in [-0.1, -0.05) is 11.6 Å². The second kappa shape index (κ2) is 10.0. The maximum atomic E-state index is 12.2. The van der Waals surface area contributed by atoms with Gasteiger partial charge in [0.05, 0.1) is 6.20 Å². The fourth-order valence-corrected chi connectivity index (χ4v) is 2.83. The highest BCUT2D eigenvalue weighted by molar-refractivity contribution is 6.30. The van der Waals surface area contributed by atoms with Crippen LogP contribution in [0.1, 0.15) is 19.2 Å². The lowest BCUT2D eigenvalue weighted by Crippen LogP contribution is -2.51. The van der Waals surface area contributed by atoms with E-state index in [0.717, 1.165) is 25.2 Å². The highest BCUT2D eigenvalue weighted by Crippen LogP contribution is 2.22. The number of hydrogen-bond donors (Lipinski definition) is 1. The molecule has 1 fully saturated rings. The number of rotatable bonds is 4. The smallest absolute Gasteiger partial charge is 0.223 e. The predicted octanol–water partition coefficient (Wildman–Crippen LogP) is 3.59. The summed E-state index contributed by atoms with van der Waals surface area (Å²) in [6.07, 6.45) is 2.63. The van der Waals surface area contributed by atoms with E-state index >= 15 is 0 Å². The van der Waals surface area contributed by atoms with Crippen LogP contribution < -0.4 is 5.32 Å². The lowest BCUT2D eigenvalue weighted by Gasteiger charge is -2.31. The molecule has 5 nitrogen and oxygen atoms in total. The first-order valence-electron chi connectivity index (χ1n) is 7.83. The number of nitrogens with one attached hydrogen (secondary N) is 1. The number of aryl methyl sites for hydroxylation is 1. The zero-order valence-corrected chi connectivity index (χ0v) is 16.3. The number of benzene rings is 1. The molecular formula is C17H22Cl3N3O2. The van der Waals surface area contributed by atoms with Crippen LogP contribution in [0.2, 0.25) is 5.02 Å². The van der Waals surface area contributed by atoms with E-state index in [2.05, 4.69) is 17.2 Å². The molecule has 0 bridgehead atoms. The summed E-state index contributed by atoms with van der Waals surface area (Å²) in [6.45, 7) is 4.48. The van der Waals surface area contributed by atoms with Gasteiger partial charge in [-0.3, -0.25) is 4.79 Å². The molecule has 0 spiro atoms. The second-order valence-electron chi connectivity index (χ2n) is 5.82. The molecule has 1 unspecified atom stereocenters. The van der Waals surface area contributed by atoms with Crippen molar-refractivity contribution < 1.29 is 9.21 Å². The van der Waals surface area contributed by atoms with Crippen LogP contribution >= 0.6 is 36.4 Å². The van der Waals surface area contributed by atoms with Gasteiger partial charge in [-0.25, -0.2) is 4.98 Å². The van der Waals surface area contributed by atoms with Crippen LogP contribution in [0.3, 0.4) is 0 Å². The summed E-state index contributed by atoms with van der Waals surface area (Å²) in [4.78, 5) is 18.4. The predicted molar refractivity (Wildman–Crippen MR) is 104 cm³/mol. The number of aromatic nitrogens is 1. The molecule has 3 rings (SSSR count). The van der Waals surface area contributed by atoms with Crippen molar-refractivity contribution >= 4 is 42.3 Å². The number of carbonyl (C=O) groups is 1. The molecular weight excluding hydrogens is 385 g/mol. The van der Waals surface area contributed by atoms with Crippen molar-refractivity contribution in [2.75, 3.05) is 19.6 Å². The van der Waals surface area contributed by atoms with E-state index in [4.69, 9.17) is 16.0 Å². The molecule has 1 aromatic heterocycles. The fraction of sp³-hybridized carbons (Fsp3) is 0.412. The van der Waals surface area contributed by atoms with Crippen LogP contribution in [0, 0.1) is 0 Å². The highest BCUT2D eigenvalue weighted by atomic mass is 35.5. The first kappa shape index (κ1) is 21.8. The molecule has 0 radical (unpaired) electrons. The molecule has 1 aromatic carbocycles. The van der Waals surface area contributed by atoms with Gasteiger partial charge >= 0.3 is 0 Å². The molecule has 1 aliphatic rings. The Balaban J connectivity index is 0.00000156. The molecule has 0 saturated carbocycles. The summed E-state index contributed by atoms with van der Waals surface area (Å²) in [6, 6.07) is 7.76. The largest absolute Gasteiger partial charge is 0.441 e. The van der Waals surface area contributed by atoms with E-state index in [9.17, 15) is 4.79 Å². The Hall–Kier alpha value is -1.27. The number of halogens is 3. The molecule has 0 aliphatic carbocycles. The molecule has 1 amide bonds. The number of nitrogens with zero attached hydrogens (tertiary/aromatic N) is 2.